The molecule has 1 aromatic carbocycles. The van der Waals surface area contributed by atoms with Gasteiger partial charge in [0.05, 0.1) is 18.2 Å². The van der Waals surface area contributed by atoms with Gasteiger partial charge in [0.1, 0.15) is 0 Å². The minimum Gasteiger partial charge on any atom is -0.465 e. The van der Waals surface area contributed by atoms with Crippen LogP contribution in [0.2, 0.25) is 0 Å². The highest BCUT2D eigenvalue weighted by Crippen LogP contribution is 2.42. The van der Waals surface area contributed by atoms with Gasteiger partial charge < -0.3 is 9.64 Å². The number of aromatic nitrogens is 1. The number of carbonyl (C=O) groups excluding carboxylic acids is 1. The van der Waals surface area contributed by atoms with Crippen molar-refractivity contribution in [2.24, 2.45) is 5.92 Å². The third-order valence-corrected chi connectivity index (χ3v) is 4.91. The maximum Gasteiger partial charge on any atom is 0.338 e. The predicted molar refractivity (Wildman–Crippen MR) is 81.6 cm³/mol. The third-order valence-electron chi connectivity index (χ3n) is 4.91. The molecule has 1 aliphatic heterocycles. The molecule has 0 radical (unpaired) electrons. The van der Waals surface area contributed by atoms with Crippen LogP contribution in [0.1, 0.15) is 29.6 Å². The topological polar surface area (TPSA) is 42.4 Å². The van der Waals surface area contributed by atoms with Crippen LogP contribution < -0.4 is 4.90 Å². The van der Waals surface area contributed by atoms with Gasteiger partial charge in [0.15, 0.2) is 0 Å². The molecule has 2 aromatic rings. The highest BCUT2D eigenvalue weighted by molar-refractivity contribution is 6.04. The molecule has 2 unspecified atom stereocenters. The molecule has 2 aliphatic rings. The Labute approximate surface area is 123 Å². The number of anilines is 1. The highest BCUT2D eigenvalue weighted by Gasteiger charge is 2.41. The van der Waals surface area contributed by atoms with E-state index in [1.807, 2.05) is 6.07 Å². The van der Waals surface area contributed by atoms with Crippen LogP contribution >= 0.6 is 0 Å². The average molecular weight is 282 g/mol. The second-order valence-corrected chi connectivity index (χ2v) is 5.96. The molecule has 0 bridgehead atoms. The molecular formula is C17H18N2O2. The lowest BCUT2D eigenvalue weighted by molar-refractivity contribution is 0.0603. The van der Waals surface area contributed by atoms with E-state index in [9.17, 15) is 4.79 Å². The Morgan fingerprint density at radius 1 is 1.33 bits per heavy atom. The Morgan fingerprint density at radius 3 is 3.05 bits per heavy atom. The third kappa shape index (κ3) is 1.89. The minimum absolute atomic E-state index is 0.304. The molecule has 4 rings (SSSR count). The van der Waals surface area contributed by atoms with Crippen LogP contribution in [0, 0.1) is 5.92 Å². The van der Waals surface area contributed by atoms with Crippen molar-refractivity contribution in [3.05, 3.63) is 36.0 Å². The quantitative estimate of drug-likeness (QED) is 0.794. The van der Waals surface area contributed by atoms with E-state index in [-0.39, 0.29) is 5.97 Å². The van der Waals surface area contributed by atoms with Crippen LogP contribution in [-0.4, -0.2) is 30.6 Å². The molecule has 21 heavy (non-hydrogen) atoms. The van der Waals surface area contributed by atoms with E-state index in [1.165, 1.54) is 32.1 Å². The second kappa shape index (κ2) is 4.72. The van der Waals surface area contributed by atoms with Crippen LogP contribution in [0.25, 0.3) is 10.9 Å². The second-order valence-electron chi connectivity index (χ2n) is 5.96. The largest absolute Gasteiger partial charge is 0.465 e. The standard InChI is InChI=1S/C17H18N2O2/c1-21-17(20)13-7-8-18-15-6-5-12(9-14(13)15)19-10-11-3-2-4-16(11)19/h5-9,11,16H,2-4,10H2,1H3. The highest BCUT2D eigenvalue weighted by atomic mass is 16.5. The number of pyridine rings is 1. The number of ether oxygens (including phenoxy) is 1. The zero-order valence-electron chi connectivity index (χ0n) is 12.1. The van der Waals surface area contributed by atoms with Gasteiger partial charge in [-0.25, -0.2) is 4.79 Å². The van der Waals surface area contributed by atoms with Crippen LogP contribution in [0.5, 0.6) is 0 Å². The van der Waals surface area contributed by atoms with Crippen molar-refractivity contribution in [1.29, 1.82) is 0 Å². The maximum atomic E-state index is 11.9. The molecule has 2 fully saturated rings. The smallest absolute Gasteiger partial charge is 0.338 e. The van der Waals surface area contributed by atoms with Gasteiger partial charge in [-0.3, -0.25) is 4.98 Å². The summed E-state index contributed by atoms with van der Waals surface area (Å²) < 4.78 is 4.87. The number of methoxy groups -OCH3 is 1. The molecular weight excluding hydrogens is 264 g/mol. The average Bonchev–Trinajstić information content (AvgIpc) is 2.87. The SMILES string of the molecule is COC(=O)c1ccnc2ccc(N3CC4CCCC43)cc12. The number of benzene rings is 1. The monoisotopic (exact) mass is 282 g/mol. The van der Waals surface area contributed by atoms with Crippen LogP contribution in [0.15, 0.2) is 30.5 Å². The van der Waals surface area contributed by atoms with Crippen LogP contribution in [-0.2, 0) is 4.74 Å². The molecule has 1 saturated carbocycles. The van der Waals surface area contributed by atoms with E-state index in [0.717, 1.165) is 23.4 Å². The first kappa shape index (κ1) is 12.6. The van der Waals surface area contributed by atoms with Gasteiger partial charge in [-0.1, -0.05) is 6.42 Å². The number of hydrogen-bond acceptors (Lipinski definition) is 4. The fourth-order valence-electron chi connectivity index (χ4n) is 3.79. The van der Waals surface area contributed by atoms with E-state index < -0.39 is 0 Å². The lowest BCUT2D eigenvalue weighted by atomic mass is 9.91. The van der Waals surface area contributed by atoms with E-state index in [2.05, 4.69) is 22.0 Å². The van der Waals surface area contributed by atoms with Gasteiger partial charge in [0.25, 0.3) is 0 Å². The lowest BCUT2D eigenvalue weighted by Gasteiger charge is -2.46. The summed E-state index contributed by atoms with van der Waals surface area (Å²) in [5.41, 5.74) is 2.63. The summed E-state index contributed by atoms with van der Waals surface area (Å²) in [4.78, 5) is 18.7. The molecule has 0 amide bonds. The molecule has 4 nitrogen and oxygen atoms in total. The first-order chi connectivity index (χ1) is 10.3. The fraction of sp³-hybridized carbons (Fsp3) is 0.412. The van der Waals surface area contributed by atoms with Crippen molar-refractivity contribution in [2.75, 3.05) is 18.6 Å². The van der Waals surface area contributed by atoms with E-state index in [1.54, 1.807) is 12.3 Å². The number of nitrogens with zero attached hydrogens (tertiary/aromatic N) is 2. The number of fused-ring (bicyclic) bond motifs is 2. The van der Waals surface area contributed by atoms with Crippen molar-refractivity contribution in [3.63, 3.8) is 0 Å². The predicted octanol–water partition coefficient (Wildman–Crippen LogP) is 3.01. The first-order valence-electron chi connectivity index (χ1n) is 7.51. The van der Waals surface area contributed by atoms with Gasteiger partial charge in [-0.15, -0.1) is 0 Å². The Kier molecular flexibility index (Phi) is 2.84. The Balaban J connectivity index is 1.76. The molecule has 1 saturated heterocycles. The summed E-state index contributed by atoms with van der Waals surface area (Å²) in [6.07, 6.45) is 5.66. The maximum absolute atomic E-state index is 11.9. The van der Waals surface area contributed by atoms with E-state index in [0.29, 0.717) is 11.6 Å². The van der Waals surface area contributed by atoms with Crippen molar-refractivity contribution >= 4 is 22.6 Å². The van der Waals surface area contributed by atoms with Crippen LogP contribution in [0.4, 0.5) is 5.69 Å². The molecule has 0 spiro atoms. The zero-order chi connectivity index (χ0) is 14.4. The van der Waals surface area contributed by atoms with Crippen molar-refractivity contribution in [2.45, 2.75) is 25.3 Å². The van der Waals surface area contributed by atoms with E-state index >= 15 is 0 Å². The lowest BCUT2D eigenvalue weighted by Crippen LogP contribution is -2.53. The minimum atomic E-state index is -0.304. The summed E-state index contributed by atoms with van der Waals surface area (Å²) in [6, 6.07) is 8.63. The van der Waals surface area contributed by atoms with Gasteiger partial charge in [0, 0.05) is 29.9 Å². The van der Waals surface area contributed by atoms with Crippen LogP contribution in [0.3, 0.4) is 0 Å². The molecule has 1 aromatic heterocycles. The van der Waals surface area contributed by atoms with Crippen molar-refractivity contribution in [3.8, 4) is 0 Å². The van der Waals surface area contributed by atoms with Gasteiger partial charge in [-0.05, 0) is 43.0 Å². The van der Waals surface area contributed by atoms with Crippen molar-refractivity contribution < 1.29 is 9.53 Å². The van der Waals surface area contributed by atoms with E-state index in [4.69, 9.17) is 4.74 Å². The number of carbonyl (C=O) groups is 1. The van der Waals surface area contributed by atoms with Gasteiger partial charge in [-0.2, -0.15) is 0 Å². The number of esters is 1. The molecule has 4 heteroatoms. The summed E-state index contributed by atoms with van der Waals surface area (Å²) in [6.45, 7) is 1.14. The zero-order valence-corrected chi connectivity index (χ0v) is 12.1. The molecule has 1 aliphatic carbocycles. The summed E-state index contributed by atoms with van der Waals surface area (Å²) in [7, 11) is 1.41. The fourth-order valence-corrected chi connectivity index (χ4v) is 3.79. The van der Waals surface area contributed by atoms with Crippen molar-refractivity contribution in [1.82, 2.24) is 4.98 Å². The van der Waals surface area contributed by atoms with Gasteiger partial charge in [0.2, 0.25) is 0 Å². The van der Waals surface area contributed by atoms with Gasteiger partial charge >= 0.3 is 5.97 Å². The number of hydrogen-bond donors (Lipinski definition) is 0. The first-order valence-corrected chi connectivity index (χ1v) is 7.51. The molecule has 2 heterocycles. The number of rotatable bonds is 2. The molecule has 0 N–H and O–H groups in total. The Hall–Kier alpha value is -2.10. The Morgan fingerprint density at radius 2 is 2.24 bits per heavy atom. The molecule has 2 atom stereocenters. The normalized spacial score (nSPS) is 23.8. The summed E-state index contributed by atoms with van der Waals surface area (Å²) in [5.74, 6) is 0.566. The summed E-state index contributed by atoms with van der Waals surface area (Å²) >= 11 is 0. The molecule has 108 valence electrons. The summed E-state index contributed by atoms with van der Waals surface area (Å²) in [5, 5.41) is 0.878. The Bertz CT molecular complexity index is 713.